The van der Waals surface area contributed by atoms with Gasteiger partial charge in [-0.3, -0.25) is 4.90 Å². The number of aromatic nitrogens is 2. The van der Waals surface area contributed by atoms with Crippen molar-refractivity contribution >= 4 is 39.5 Å². The molecule has 0 radical (unpaired) electrons. The van der Waals surface area contributed by atoms with Gasteiger partial charge in [0, 0.05) is 29.8 Å². The van der Waals surface area contributed by atoms with E-state index in [-0.39, 0.29) is 5.75 Å². The lowest BCUT2D eigenvalue weighted by molar-refractivity contribution is 0.480. The Kier molecular flexibility index (Phi) is 4.83. The minimum absolute atomic E-state index is 0.0683. The fourth-order valence-electron chi connectivity index (χ4n) is 5.13. The number of aromatic hydroxyl groups is 1. The molecule has 0 fully saturated rings. The summed E-state index contributed by atoms with van der Waals surface area (Å²) in [7, 11) is 2.07. The molecule has 38 heavy (non-hydrogen) atoms. The van der Waals surface area contributed by atoms with Crippen molar-refractivity contribution in [2.75, 3.05) is 16.8 Å². The Balaban J connectivity index is 1.38. The summed E-state index contributed by atoms with van der Waals surface area (Å²) in [5.41, 5.74) is 8.39. The lowest BCUT2D eigenvalue weighted by Crippen LogP contribution is -2.24. The third-order valence-electron chi connectivity index (χ3n) is 7.06. The molecular formula is C33H24N4O. The number of rotatable bonds is 3. The zero-order valence-electron chi connectivity index (χ0n) is 21.7. The van der Waals surface area contributed by atoms with Crippen LogP contribution in [0.25, 0.3) is 33.3 Å². The molecular weight excluding hydrogens is 468 g/mol. The molecule has 2 aromatic heterocycles. The van der Waals surface area contributed by atoms with Crippen LogP contribution in [0.1, 0.15) is 1.37 Å². The molecule has 0 amide bonds. The number of fused-ring (bicyclic) bond motifs is 3. The lowest BCUT2D eigenvalue weighted by Gasteiger charge is -2.38. The molecule has 0 aliphatic carbocycles. The molecule has 6 aromatic rings. The van der Waals surface area contributed by atoms with E-state index >= 15 is 0 Å². The molecule has 1 aliphatic heterocycles. The summed E-state index contributed by atoms with van der Waals surface area (Å²) < 4.78 is 8.17. The van der Waals surface area contributed by atoms with Crippen molar-refractivity contribution < 1.29 is 6.48 Å². The maximum atomic E-state index is 10.4. The summed E-state index contributed by atoms with van der Waals surface area (Å²) in [5, 5.41) is 11.0. The number of phenolic OH excluding ortho intramolecular Hbond substituents is 1. The van der Waals surface area contributed by atoms with E-state index in [0.717, 1.165) is 51.0 Å². The lowest BCUT2D eigenvalue weighted by atomic mass is 10.0. The predicted molar refractivity (Wildman–Crippen MR) is 155 cm³/mol. The summed E-state index contributed by atoms with van der Waals surface area (Å²) in [4.78, 5) is 14.0. The summed E-state index contributed by atoms with van der Waals surface area (Å²) in [6.07, 6.45) is 1.92. The van der Waals surface area contributed by atoms with Gasteiger partial charge in [-0.15, -0.1) is 0 Å². The molecule has 4 aromatic carbocycles. The van der Waals surface area contributed by atoms with E-state index in [1.807, 2.05) is 54.7 Å². The third-order valence-corrected chi connectivity index (χ3v) is 7.06. The molecule has 182 valence electrons. The first-order chi connectivity index (χ1) is 19.1. The van der Waals surface area contributed by atoms with Crippen LogP contribution in [0.15, 0.2) is 121 Å². The van der Waals surface area contributed by atoms with E-state index in [4.69, 9.17) is 11.3 Å². The van der Waals surface area contributed by atoms with E-state index in [9.17, 15) is 5.11 Å². The SMILES string of the molecule is [2H]c1ccc(O)c2nc(-c3ccc4c(c3)N(c3ccc(-c5ccccc5)cn3)c3ccccc3N4C)ccc12. The van der Waals surface area contributed by atoms with Gasteiger partial charge < -0.3 is 10.0 Å². The van der Waals surface area contributed by atoms with Gasteiger partial charge in [0.25, 0.3) is 0 Å². The molecule has 5 heteroatoms. The Morgan fingerprint density at radius 1 is 0.684 bits per heavy atom. The first-order valence-electron chi connectivity index (χ1n) is 13.0. The van der Waals surface area contributed by atoms with Crippen LogP contribution in [-0.4, -0.2) is 22.1 Å². The van der Waals surface area contributed by atoms with Gasteiger partial charge in [0.15, 0.2) is 0 Å². The molecule has 5 nitrogen and oxygen atoms in total. The molecule has 7 rings (SSSR count). The van der Waals surface area contributed by atoms with Crippen LogP contribution in [0.2, 0.25) is 0 Å². The smallest absolute Gasteiger partial charge is 0.141 e. The Morgan fingerprint density at radius 2 is 1.45 bits per heavy atom. The van der Waals surface area contributed by atoms with E-state index in [0.29, 0.717) is 16.9 Å². The number of hydrogen-bond acceptors (Lipinski definition) is 5. The van der Waals surface area contributed by atoms with Crippen molar-refractivity contribution in [2.24, 2.45) is 0 Å². The van der Waals surface area contributed by atoms with Crippen LogP contribution < -0.4 is 9.80 Å². The first kappa shape index (κ1) is 21.0. The molecule has 0 spiro atoms. The Morgan fingerprint density at radius 3 is 2.26 bits per heavy atom. The average molecular weight is 494 g/mol. The molecule has 0 saturated heterocycles. The van der Waals surface area contributed by atoms with Gasteiger partial charge in [-0.1, -0.05) is 66.7 Å². The summed E-state index contributed by atoms with van der Waals surface area (Å²) in [6, 6.07) is 36.2. The standard InChI is InChI=1S/C33H24N4O/c1-36-27-11-5-6-12-29(27)37(32-19-16-25(21-34-32)22-8-3-2-4-9-22)30-20-24(15-18-28(30)36)26-17-14-23-10-7-13-31(38)33(23)35-26/h2-21,38H,1H3/i10D. The highest BCUT2D eigenvalue weighted by molar-refractivity contribution is 5.98. The molecule has 1 N–H and O–H groups in total. The van der Waals surface area contributed by atoms with E-state index in [1.165, 1.54) is 6.07 Å². The summed E-state index contributed by atoms with van der Waals surface area (Å²) in [6.45, 7) is 0. The average Bonchev–Trinajstić information content (AvgIpc) is 2.99. The van der Waals surface area contributed by atoms with Crippen LogP contribution >= 0.6 is 0 Å². The molecule has 0 saturated carbocycles. The maximum absolute atomic E-state index is 10.4. The fourth-order valence-corrected chi connectivity index (χ4v) is 5.13. The molecule has 0 unspecified atom stereocenters. The number of pyridine rings is 2. The van der Waals surface area contributed by atoms with Crippen LogP contribution in [0, 0.1) is 0 Å². The first-order valence-corrected chi connectivity index (χ1v) is 12.5. The normalized spacial score (nSPS) is 12.7. The zero-order chi connectivity index (χ0) is 26.5. The van der Waals surface area contributed by atoms with Crippen molar-refractivity contribution in [3.63, 3.8) is 0 Å². The number of hydrogen-bond donors (Lipinski definition) is 1. The number of para-hydroxylation sites is 3. The van der Waals surface area contributed by atoms with Gasteiger partial charge in [-0.05, 0) is 54.1 Å². The molecule has 3 heterocycles. The number of anilines is 5. The van der Waals surface area contributed by atoms with Crippen molar-refractivity contribution in [3.05, 3.63) is 121 Å². The number of phenols is 1. The second kappa shape index (κ2) is 8.75. The quantitative estimate of drug-likeness (QED) is 0.269. The van der Waals surface area contributed by atoms with Gasteiger partial charge in [-0.2, -0.15) is 0 Å². The predicted octanol–water partition coefficient (Wildman–Crippen LogP) is 8.22. The monoisotopic (exact) mass is 493 g/mol. The Labute approximate surface area is 222 Å². The number of nitrogens with zero attached hydrogens (tertiary/aromatic N) is 4. The number of benzene rings is 4. The van der Waals surface area contributed by atoms with Crippen LogP contribution in [0.3, 0.4) is 0 Å². The van der Waals surface area contributed by atoms with Crippen LogP contribution in [0.5, 0.6) is 5.75 Å². The minimum atomic E-state index is 0.0683. The van der Waals surface area contributed by atoms with Gasteiger partial charge in [0.2, 0.25) is 0 Å². The van der Waals surface area contributed by atoms with Crippen LogP contribution in [-0.2, 0) is 0 Å². The van der Waals surface area contributed by atoms with Gasteiger partial charge in [0.1, 0.15) is 17.1 Å². The molecule has 1 aliphatic rings. The van der Waals surface area contributed by atoms with Gasteiger partial charge >= 0.3 is 0 Å². The third kappa shape index (κ3) is 3.56. The van der Waals surface area contributed by atoms with Crippen molar-refractivity contribution in [1.29, 1.82) is 0 Å². The fraction of sp³-hybridized carbons (Fsp3) is 0.0303. The van der Waals surface area contributed by atoms with Crippen molar-refractivity contribution in [1.82, 2.24) is 9.97 Å². The van der Waals surface area contributed by atoms with E-state index in [1.54, 1.807) is 6.07 Å². The largest absolute Gasteiger partial charge is 0.506 e. The topological polar surface area (TPSA) is 52.5 Å². The molecule has 0 bridgehead atoms. The Bertz CT molecular complexity index is 1850. The maximum Gasteiger partial charge on any atom is 0.141 e. The van der Waals surface area contributed by atoms with Gasteiger partial charge in [-0.25, -0.2) is 9.97 Å². The second-order valence-corrected chi connectivity index (χ2v) is 9.31. The van der Waals surface area contributed by atoms with Gasteiger partial charge in [0.05, 0.1) is 29.8 Å². The molecule has 0 atom stereocenters. The minimum Gasteiger partial charge on any atom is -0.506 e. The van der Waals surface area contributed by atoms with Crippen molar-refractivity contribution in [2.45, 2.75) is 0 Å². The van der Waals surface area contributed by atoms with Crippen molar-refractivity contribution in [3.8, 4) is 28.1 Å². The highest BCUT2D eigenvalue weighted by Gasteiger charge is 2.28. The Hall–Kier alpha value is -5.16. The van der Waals surface area contributed by atoms with Crippen LogP contribution in [0.4, 0.5) is 28.6 Å². The van der Waals surface area contributed by atoms with E-state index < -0.39 is 0 Å². The second-order valence-electron chi connectivity index (χ2n) is 9.31. The highest BCUT2D eigenvalue weighted by atomic mass is 16.3. The summed E-state index contributed by atoms with van der Waals surface area (Å²) in [5.74, 6) is 0.885. The highest BCUT2D eigenvalue weighted by Crippen LogP contribution is 2.51. The van der Waals surface area contributed by atoms with E-state index in [2.05, 4.69) is 65.4 Å². The summed E-state index contributed by atoms with van der Waals surface area (Å²) >= 11 is 0. The zero-order valence-corrected chi connectivity index (χ0v) is 20.7.